The molecule has 0 aliphatic heterocycles. The molecule has 0 aliphatic rings. The quantitative estimate of drug-likeness (QED) is 0.711. The summed E-state index contributed by atoms with van der Waals surface area (Å²) >= 11 is 6.07. The minimum atomic E-state index is -0.273. The summed E-state index contributed by atoms with van der Waals surface area (Å²) in [6.45, 7) is 3.96. The zero-order valence-corrected chi connectivity index (χ0v) is 14.7. The van der Waals surface area contributed by atoms with E-state index in [1.165, 1.54) is 12.1 Å². The summed E-state index contributed by atoms with van der Waals surface area (Å²) in [6.07, 6.45) is 0. The van der Waals surface area contributed by atoms with Gasteiger partial charge in [0.2, 0.25) is 5.43 Å². The van der Waals surface area contributed by atoms with Crippen LogP contribution in [0.1, 0.15) is 17.0 Å². The fourth-order valence-corrected chi connectivity index (χ4v) is 2.80. The average Bonchev–Trinajstić information content (AvgIpc) is 2.60. The first kappa shape index (κ1) is 17.2. The summed E-state index contributed by atoms with van der Waals surface area (Å²) in [5.74, 6) is 0.394. The molecule has 128 valence electrons. The van der Waals surface area contributed by atoms with Crippen molar-refractivity contribution in [3.05, 3.63) is 86.5 Å². The maximum atomic E-state index is 12.9. The lowest BCUT2D eigenvalue weighted by Gasteiger charge is -2.10. The monoisotopic (exact) mass is 357 g/mol. The number of aromatic nitrogens is 1. The van der Waals surface area contributed by atoms with E-state index < -0.39 is 0 Å². The number of halogens is 2. The molecule has 0 saturated heterocycles. The van der Waals surface area contributed by atoms with Crippen LogP contribution in [0, 0.1) is 19.7 Å². The molecule has 0 saturated carbocycles. The van der Waals surface area contributed by atoms with Crippen molar-refractivity contribution < 1.29 is 9.13 Å². The predicted octanol–water partition coefficient (Wildman–Crippen LogP) is 5.03. The predicted molar refractivity (Wildman–Crippen MR) is 97.7 cm³/mol. The number of rotatable bonds is 4. The molecule has 0 fully saturated rings. The zero-order chi connectivity index (χ0) is 18.0. The number of nitrogens with one attached hydrogen (secondary N) is 1. The number of ether oxygens (including phenoxy) is 1. The Kier molecular flexibility index (Phi) is 4.91. The maximum absolute atomic E-state index is 12.9. The molecule has 1 heterocycles. The number of hydrogen-bond donors (Lipinski definition) is 1. The molecule has 0 amide bonds. The van der Waals surface area contributed by atoms with E-state index in [0.29, 0.717) is 23.6 Å². The first-order valence-corrected chi connectivity index (χ1v) is 8.20. The highest BCUT2D eigenvalue weighted by Crippen LogP contribution is 2.24. The van der Waals surface area contributed by atoms with Crippen molar-refractivity contribution in [2.45, 2.75) is 20.5 Å². The molecule has 1 N–H and O–H groups in total. The molecule has 2 aromatic carbocycles. The summed E-state index contributed by atoms with van der Waals surface area (Å²) in [4.78, 5) is 15.5. The first-order chi connectivity index (χ1) is 12.0. The van der Waals surface area contributed by atoms with Gasteiger partial charge in [-0.2, -0.15) is 0 Å². The Hall–Kier alpha value is -2.59. The Morgan fingerprint density at radius 1 is 1.00 bits per heavy atom. The second kappa shape index (κ2) is 7.11. The topological polar surface area (TPSA) is 42.1 Å². The summed E-state index contributed by atoms with van der Waals surface area (Å²) in [6, 6.07) is 13.4. The fraction of sp³-hybridized carbons (Fsp3) is 0.150. The van der Waals surface area contributed by atoms with Crippen LogP contribution in [0.2, 0.25) is 5.02 Å². The number of hydrogen-bond acceptors (Lipinski definition) is 2. The Labute approximate surface area is 150 Å². The van der Waals surface area contributed by atoms with Gasteiger partial charge in [-0.25, -0.2) is 4.39 Å². The normalized spacial score (nSPS) is 10.7. The molecule has 0 radical (unpaired) electrons. The van der Waals surface area contributed by atoms with E-state index in [0.717, 1.165) is 16.8 Å². The lowest BCUT2D eigenvalue weighted by molar-refractivity contribution is 0.306. The third-order valence-electron chi connectivity index (χ3n) is 3.97. The molecule has 3 rings (SSSR count). The van der Waals surface area contributed by atoms with Gasteiger partial charge in [0.15, 0.2) is 0 Å². The van der Waals surface area contributed by atoms with Gasteiger partial charge in [-0.05, 0) is 49.2 Å². The SMILES string of the molecule is Cc1[nH]c(C)c(-c2ccc(OCc3ccc(F)cc3)cc2)c(=O)c1Cl. The maximum Gasteiger partial charge on any atom is 0.208 e. The molecule has 0 aliphatic carbocycles. The smallest absolute Gasteiger partial charge is 0.208 e. The molecule has 1 aromatic heterocycles. The van der Waals surface area contributed by atoms with E-state index in [9.17, 15) is 9.18 Å². The van der Waals surface area contributed by atoms with Crippen molar-refractivity contribution in [2.75, 3.05) is 0 Å². The fourth-order valence-electron chi connectivity index (χ4n) is 2.66. The molecule has 5 heteroatoms. The highest BCUT2D eigenvalue weighted by atomic mass is 35.5. The second-order valence-corrected chi connectivity index (χ2v) is 6.21. The van der Waals surface area contributed by atoms with Crippen LogP contribution < -0.4 is 10.2 Å². The average molecular weight is 358 g/mol. The van der Waals surface area contributed by atoms with Crippen LogP contribution in [-0.2, 0) is 6.61 Å². The summed E-state index contributed by atoms with van der Waals surface area (Å²) in [5, 5.41) is 0.206. The standard InChI is InChI=1S/C20H17ClFNO2/c1-12-18(20(24)19(21)13(2)23-12)15-5-9-17(10-6-15)25-11-14-3-7-16(22)8-4-14/h3-10H,11H2,1-2H3,(H,23,24). The lowest BCUT2D eigenvalue weighted by Crippen LogP contribution is -2.11. The van der Waals surface area contributed by atoms with Gasteiger partial charge in [0.05, 0.1) is 0 Å². The molecule has 25 heavy (non-hydrogen) atoms. The third-order valence-corrected chi connectivity index (χ3v) is 4.42. The van der Waals surface area contributed by atoms with Crippen LogP contribution in [0.15, 0.2) is 53.3 Å². The summed E-state index contributed by atoms with van der Waals surface area (Å²) in [5.41, 5.74) is 3.45. The molecule has 0 bridgehead atoms. The van der Waals surface area contributed by atoms with Crippen molar-refractivity contribution >= 4 is 11.6 Å². The van der Waals surface area contributed by atoms with Crippen LogP contribution in [0.25, 0.3) is 11.1 Å². The Morgan fingerprint density at radius 3 is 2.28 bits per heavy atom. The van der Waals surface area contributed by atoms with E-state index in [1.54, 1.807) is 31.2 Å². The van der Waals surface area contributed by atoms with Crippen LogP contribution in [0.3, 0.4) is 0 Å². The van der Waals surface area contributed by atoms with E-state index in [2.05, 4.69) is 4.98 Å². The molecule has 3 nitrogen and oxygen atoms in total. The van der Waals surface area contributed by atoms with Crippen LogP contribution in [0.5, 0.6) is 5.75 Å². The Balaban J connectivity index is 1.80. The van der Waals surface area contributed by atoms with E-state index in [4.69, 9.17) is 16.3 Å². The van der Waals surface area contributed by atoms with E-state index in [1.807, 2.05) is 19.1 Å². The van der Waals surface area contributed by atoms with Gasteiger partial charge in [-0.15, -0.1) is 0 Å². The summed E-state index contributed by atoms with van der Waals surface area (Å²) in [7, 11) is 0. The summed E-state index contributed by atoms with van der Waals surface area (Å²) < 4.78 is 18.6. The van der Waals surface area contributed by atoms with Gasteiger partial charge in [0.1, 0.15) is 23.2 Å². The number of aryl methyl sites for hydroxylation is 2. The Morgan fingerprint density at radius 2 is 1.64 bits per heavy atom. The van der Waals surface area contributed by atoms with Crippen molar-refractivity contribution in [3.8, 4) is 16.9 Å². The number of aromatic amines is 1. The molecular weight excluding hydrogens is 341 g/mol. The number of H-pyrrole nitrogens is 1. The van der Waals surface area contributed by atoms with Gasteiger partial charge in [-0.3, -0.25) is 4.79 Å². The third kappa shape index (κ3) is 3.74. The van der Waals surface area contributed by atoms with Gasteiger partial charge in [0.25, 0.3) is 0 Å². The number of benzene rings is 2. The Bertz CT molecular complexity index is 947. The van der Waals surface area contributed by atoms with E-state index in [-0.39, 0.29) is 16.3 Å². The van der Waals surface area contributed by atoms with Crippen LogP contribution >= 0.6 is 11.6 Å². The van der Waals surface area contributed by atoms with Crippen LogP contribution in [-0.4, -0.2) is 4.98 Å². The lowest BCUT2D eigenvalue weighted by atomic mass is 10.0. The minimum Gasteiger partial charge on any atom is -0.489 e. The van der Waals surface area contributed by atoms with Gasteiger partial charge >= 0.3 is 0 Å². The van der Waals surface area contributed by atoms with Gasteiger partial charge in [-0.1, -0.05) is 35.9 Å². The van der Waals surface area contributed by atoms with E-state index >= 15 is 0 Å². The largest absolute Gasteiger partial charge is 0.489 e. The second-order valence-electron chi connectivity index (χ2n) is 5.83. The highest BCUT2D eigenvalue weighted by Gasteiger charge is 2.13. The minimum absolute atomic E-state index is 0.185. The van der Waals surface area contributed by atoms with Gasteiger partial charge < -0.3 is 9.72 Å². The van der Waals surface area contributed by atoms with Crippen molar-refractivity contribution in [2.24, 2.45) is 0 Å². The molecular formula is C20H17ClFNO2. The molecule has 0 spiro atoms. The van der Waals surface area contributed by atoms with Crippen LogP contribution in [0.4, 0.5) is 4.39 Å². The van der Waals surface area contributed by atoms with Crippen molar-refractivity contribution in [3.63, 3.8) is 0 Å². The van der Waals surface area contributed by atoms with Gasteiger partial charge in [0, 0.05) is 17.0 Å². The zero-order valence-electron chi connectivity index (χ0n) is 13.9. The highest BCUT2D eigenvalue weighted by molar-refractivity contribution is 6.31. The van der Waals surface area contributed by atoms with Crippen molar-refractivity contribution in [1.29, 1.82) is 0 Å². The number of pyridine rings is 1. The molecule has 0 atom stereocenters. The molecule has 0 unspecified atom stereocenters. The van der Waals surface area contributed by atoms with Crippen molar-refractivity contribution in [1.82, 2.24) is 4.98 Å². The first-order valence-electron chi connectivity index (χ1n) is 7.82. The molecule has 3 aromatic rings.